The number of hydrogen-bond donors (Lipinski definition) is 0. The maximum atomic E-state index is 2.45. The van der Waals surface area contributed by atoms with E-state index in [0.29, 0.717) is 10.3 Å². The van der Waals surface area contributed by atoms with Crippen molar-refractivity contribution in [3.05, 3.63) is 0 Å². The second-order valence-corrected chi connectivity index (χ2v) is 11.4. The van der Waals surface area contributed by atoms with E-state index in [9.17, 15) is 0 Å². The van der Waals surface area contributed by atoms with Crippen LogP contribution >= 0.6 is 7.92 Å². The van der Waals surface area contributed by atoms with E-state index in [4.69, 9.17) is 0 Å². The molecule has 0 atom stereocenters. The number of hydrogen-bond acceptors (Lipinski definition) is 0. The molecule has 1 rings (SSSR count). The van der Waals surface area contributed by atoms with Crippen molar-refractivity contribution in [2.75, 3.05) is 6.16 Å². The predicted octanol–water partition coefficient (Wildman–Crippen LogP) is 5.65. The summed E-state index contributed by atoms with van der Waals surface area (Å²) in [6.07, 6.45) is 8.99. The Hall–Kier alpha value is 0.430. The van der Waals surface area contributed by atoms with Gasteiger partial charge in [-0.1, -0.05) is 81.6 Å². The summed E-state index contributed by atoms with van der Waals surface area (Å²) in [6.45, 7) is 14.7. The topological polar surface area (TPSA) is 0 Å². The molecule has 1 fully saturated rings. The van der Waals surface area contributed by atoms with Gasteiger partial charge in [-0.3, -0.25) is 0 Å². The lowest BCUT2D eigenvalue weighted by Crippen LogP contribution is -2.29. The second-order valence-electron chi connectivity index (χ2n) is 7.46. The molecule has 0 nitrogen and oxygen atoms in total. The Balaban J connectivity index is 2.63. The highest BCUT2D eigenvalue weighted by molar-refractivity contribution is 7.60. The molecule has 0 bridgehead atoms. The summed E-state index contributed by atoms with van der Waals surface area (Å²) in [5, 5.41) is 1.04. The van der Waals surface area contributed by atoms with E-state index in [-0.39, 0.29) is 7.92 Å². The van der Waals surface area contributed by atoms with Gasteiger partial charge in [-0.25, -0.2) is 0 Å². The van der Waals surface area contributed by atoms with Crippen LogP contribution in [0.3, 0.4) is 0 Å². The number of rotatable bonds is 2. The fraction of sp³-hybridized carbons (Fsp3) is 1.00. The smallest absolute Gasteiger partial charge is 0.0175 e. The van der Waals surface area contributed by atoms with E-state index >= 15 is 0 Å². The fourth-order valence-corrected chi connectivity index (χ4v) is 7.17. The molecule has 1 aliphatic carbocycles. The SMILES string of the molecule is CC(C)(C)P(CC1CCCCC1)C(C)(C)C. The van der Waals surface area contributed by atoms with Crippen LogP contribution in [0.15, 0.2) is 0 Å². The van der Waals surface area contributed by atoms with E-state index in [1.54, 1.807) is 0 Å². The normalized spacial score (nSPS) is 20.4. The molecular weight excluding hydrogens is 211 g/mol. The van der Waals surface area contributed by atoms with Crippen molar-refractivity contribution in [3.8, 4) is 0 Å². The second kappa shape index (κ2) is 5.38. The van der Waals surface area contributed by atoms with Crippen molar-refractivity contribution < 1.29 is 0 Å². The van der Waals surface area contributed by atoms with Gasteiger partial charge in [-0.2, -0.15) is 0 Å². The van der Waals surface area contributed by atoms with Gasteiger partial charge in [0.15, 0.2) is 0 Å². The average Bonchev–Trinajstić information content (AvgIpc) is 2.12. The third-order valence-electron chi connectivity index (χ3n) is 3.79. The molecule has 1 aliphatic rings. The van der Waals surface area contributed by atoms with Crippen LogP contribution in [0.1, 0.15) is 73.6 Å². The molecule has 0 aromatic heterocycles. The Morgan fingerprint density at radius 3 is 1.62 bits per heavy atom. The van der Waals surface area contributed by atoms with Gasteiger partial charge in [0.2, 0.25) is 0 Å². The summed E-state index contributed by atoms with van der Waals surface area (Å²) in [5.74, 6) is 1.04. The van der Waals surface area contributed by atoms with E-state index in [1.165, 1.54) is 38.3 Å². The van der Waals surface area contributed by atoms with Crippen molar-refractivity contribution in [3.63, 3.8) is 0 Å². The highest BCUT2D eigenvalue weighted by Crippen LogP contribution is 2.60. The molecule has 0 amide bonds. The molecule has 0 saturated heterocycles. The summed E-state index contributed by atoms with van der Waals surface area (Å²) >= 11 is 0. The predicted molar refractivity (Wildman–Crippen MR) is 77.9 cm³/mol. The molecule has 16 heavy (non-hydrogen) atoms. The summed E-state index contributed by atoms with van der Waals surface area (Å²) < 4.78 is 0. The van der Waals surface area contributed by atoms with Crippen molar-refractivity contribution in [2.45, 2.75) is 84.0 Å². The van der Waals surface area contributed by atoms with Crippen LogP contribution in [-0.4, -0.2) is 16.5 Å². The first-order chi connectivity index (χ1) is 7.21. The summed E-state index contributed by atoms with van der Waals surface area (Å²) in [7, 11) is 0.134. The summed E-state index contributed by atoms with van der Waals surface area (Å²) in [5.41, 5.74) is 0. The van der Waals surface area contributed by atoms with Crippen LogP contribution in [0.2, 0.25) is 0 Å². The molecule has 0 heterocycles. The fourth-order valence-electron chi connectivity index (χ4n) is 3.18. The van der Waals surface area contributed by atoms with Crippen LogP contribution in [0.25, 0.3) is 0 Å². The van der Waals surface area contributed by atoms with Crippen LogP contribution in [0, 0.1) is 5.92 Å². The molecule has 0 aliphatic heterocycles. The lowest BCUT2D eigenvalue weighted by molar-refractivity contribution is 0.386. The maximum Gasteiger partial charge on any atom is -0.0175 e. The quantitative estimate of drug-likeness (QED) is 0.549. The molecule has 96 valence electrons. The Bertz CT molecular complexity index is 186. The summed E-state index contributed by atoms with van der Waals surface area (Å²) in [4.78, 5) is 0. The Morgan fingerprint density at radius 1 is 0.812 bits per heavy atom. The molecular formula is C15H31P. The van der Waals surface area contributed by atoms with Gasteiger partial charge in [0.25, 0.3) is 0 Å². The minimum absolute atomic E-state index is 0.134. The van der Waals surface area contributed by atoms with E-state index in [0.717, 1.165) is 5.92 Å². The van der Waals surface area contributed by atoms with Gasteiger partial charge in [0.1, 0.15) is 0 Å². The molecule has 0 aromatic rings. The van der Waals surface area contributed by atoms with Gasteiger partial charge in [0, 0.05) is 0 Å². The third-order valence-corrected chi connectivity index (χ3v) is 7.91. The van der Waals surface area contributed by atoms with Gasteiger partial charge in [-0.05, 0) is 22.4 Å². The van der Waals surface area contributed by atoms with Crippen molar-refractivity contribution in [2.24, 2.45) is 5.92 Å². The van der Waals surface area contributed by atoms with E-state index in [2.05, 4.69) is 41.5 Å². The first-order valence-electron chi connectivity index (χ1n) is 6.99. The molecule has 1 saturated carbocycles. The standard InChI is InChI=1S/C15H31P/c1-14(2,3)16(15(4,5)6)12-13-10-8-7-9-11-13/h13H,7-12H2,1-6H3. The minimum atomic E-state index is 0.134. The lowest BCUT2D eigenvalue weighted by atomic mass is 9.91. The van der Waals surface area contributed by atoms with Crippen LogP contribution < -0.4 is 0 Å². The highest BCUT2D eigenvalue weighted by Gasteiger charge is 2.35. The van der Waals surface area contributed by atoms with Crippen LogP contribution in [0.4, 0.5) is 0 Å². The Morgan fingerprint density at radius 2 is 1.25 bits per heavy atom. The van der Waals surface area contributed by atoms with E-state index < -0.39 is 0 Å². The molecule has 0 unspecified atom stereocenters. The van der Waals surface area contributed by atoms with E-state index in [1.807, 2.05) is 0 Å². The largest absolute Gasteiger partial charge is 0.0954 e. The van der Waals surface area contributed by atoms with Gasteiger partial charge >= 0.3 is 0 Å². The van der Waals surface area contributed by atoms with Crippen molar-refractivity contribution in [1.82, 2.24) is 0 Å². The Labute approximate surface area is 104 Å². The molecule has 0 aromatic carbocycles. The van der Waals surface area contributed by atoms with Crippen LogP contribution in [0.5, 0.6) is 0 Å². The van der Waals surface area contributed by atoms with Crippen LogP contribution in [-0.2, 0) is 0 Å². The zero-order valence-electron chi connectivity index (χ0n) is 12.3. The summed E-state index contributed by atoms with van der Waals surface area (Å²) in [6, 6.07) is 0. The van der Waals surface area contributed by atoms with Gasteiger partial charge < -0.3 is 0 Å². The monoisotopic (exact) mass is 242 g/mol. The highest BCUT2D eigenvalue weighted by atomic mass is 31.1. The molecule has 0 radical (unpaired) electrons. The molecule has 1 heteroatoms. The average molecular weight is 242 g/mol. The Kier molecular flexibility index (Phi) is 4.88. The minimum Gasteiger partial charge on any atom is -0.0954 e. The third kappa shape index (κ3) is 4.36. The first-order valence-corrected chi connectivity index (χ1v) is 8.52. The lowest BCUT2D eigenvalue weighted by Gasteiger charge is -2.44. The molecule has 0 N–H and O–H groups in total. The van der Waals surface area contributed by atoms with Crippen molar-refractivity contribution in [1.29, 1.82) is 0 Å². The molecule has 0 spiro atoms. The van der Waals surface area contributed by atoms with Crippen molar-refractivity contribution >= 4 is 7.92 Å². The first kappa shape index (κ1) is 14.5. The zero-order chi connectivity index (χ0) is 12.4. The van der Waals surface area contributed by atoms with Gasteiger partial charge in [-0.15, -0.1) is 0 Å². The maximum absolute atomic E-state index is 2.45. The van der Waals surface area contributed by atoms with Gasteiger partial charge in [0.05, 0.1) is 0 Å². The zero-order valence-corrected chi connectivity index (χ0v) is 13.2.